The van der Waals surface area contributed by atoms with Crippen LogP contribution in [0.25, 0.3) is 0 Å². The molecule has 1 saturated heterocycles. The van der Waals surface area contributed by atoms with Crippen molar-refractivity contribution in [3.8, 4) is 0 Å². The van der Waals surface area contributed by atoms with Crippen LogP contribution in [0.15, 0.2) is 23.7 Å². The maximum Gasteiger partial charge on any atom is 0.116 e. The Morgan fingerprint density at radius 1 is 1.04 bits per heavy atom. The van der Waals surface area contributed by atoms with Gasteiger partial charge in [0, 0.05) is 28.5 Å². The van der Waals surface area contributed by atoms with Gasteiger partial charge in [-0.3, -0.25) is 4.21 Å². The number of rotatable bonds is 0. The van der Waals surface area contributed by atoms with E-state index in [1.54, 1.807) is 6.08 Å². The van der Waals surface area contributed by atoms with Crippen molar-refractivity contribution in [3.05, 3.63) is 23.7 Å². The molecule has 4 rings (SSSR count). The summed E-state index contributed by atoms with van der Waals surface area (Å²) in [7, 11) is -1.05. The standard InChI is InChI=1S/C21H32O3S/c1-19(2)7-5-8-20(3)16(19)6-9-21(4)17(20)12-25(24)15-11-13(22)10-14(23)18(15)21/h10-11,15-18,22-23H,5-9,12H2,1-4H3/t15?,16-,17?,18?,20-,21+,25?/m0/s1. The van der Waals surface area contributed by atoms with Crippen molar-refractivity contribution >= 4 is 10.8 Å². The predicted octanol–water partition coefficient (Wildman–Crippen LogP) is 4.88. The first-order chi connectivity index (χ1) is 11.6. The average Bonchev–Trinajstić information content (AvgIpc) is 2.48. The molecule has 4 heteroatoms. The van der Waals surface area contributed by atoms with Crippen LogP contribution in [0, 0.1) is 34.0 Å². The van der Waals surface area contributed by atoms with Gasteiger partial charge in [0.05, 0.1) is 5.25 Å². The zero-order valence-corrected chi connectivity index (χ0v) is 16.7. The molecule has 1 heterocycles. The summed E-state index contributed by atoms with van der Waals surface area (Å²) >= 11 is 0. The first kappa shape index (κ1) is 17.6. The van der Waals surface area contributed by atoms with Gasteiger partial charge >= 0.3 is 0 Å². The van der Waals surface area contributed by atoms with Gasteiger partial charge in [0.25, 0.3) is 0 Å². The van der Waals surface area contributed by atoms with E-state index in [2.05, 4.69) is 27.7 Å². The first-order valence-electron chi connectivity index (χ1n) is 9.78. The highest BCUT2D eigenvalue weighted by Gasteiger charge is 2.64. The minimum absolute atomic E-state index is 0.0466. The summed E-state index contributed by atoms with van der Waals surface area (Å²) in [6, 6.07) is 0. The smallest absolute Gasteiger partial charge is 0.116 e. The number of hydrogen-bond acceptors (Lipinski definition) is 3. The van der Waals surface area contributed by atoms with E-state index in [4.69, 9.17) is 0 Å². The first-order valence-corrected chi connectivity index (χ1v) is 11.2. The van der Waals surface area contributed by atoms with Crippen molar-refractivity contribution in [2.24, 2.45) is 34.0 Å². The molecule has 4 unspecified atom stereocenters. The quantitative estimate of drug-likeness (QED) is 0.644. The monoisotopic (exact) mass is 364 g/mol. The lowest BCUT2D eigenvalue weighted by atomic mass is 9.41. The Morgan fingerprint density at radius 2 is 1.76 bits per heavy atom. The average molecular weight is 365 g/mol. The summed E-state index contributed by atoms with van der Waals surface area (Å²) in [5.74, 6) is 1.92. The van der Waals surface area contributed by atoms with Gasteiger partial charge in [-0.05, 0) is 59.8 Å². The summed E-state index contributed by atoms with van der Waals surface area (Å²) in [6.07, 6.45) is 9.21. The van der Waals surface area contributed by atoms with Crippen LogP contribution in [0.5, 0.6) is 0 Å². The van der Waals surface area contributed by atoms with Gasteiger partial charge < -0.3 is 10.2 Å². The lowest BCUT2D eigenvalue weighted by Crippen LogP contribution is -2.63. The molecule has 4 aliphatic rings. The van der Waals surface area contributed by atoms with Gasteiger partial charge in [-0.2, -0.15) is 0 Å². The third kappa shape index (κ3) is 2.32. The Labute approximate surface area is 154 Å². The number of hydrogen-bond donors (Lipinski definition) is 2. The Kier molecular flexibility index (Phi) is 3.79. The molecule has 0 radical (unpaired) electrons. The number of aliphatic hydroxyl groups is 2. The van der Waals surface area contributed by atoms with E-state index in [1.165, 1.54) is 31.8 Å². The van der Waals surface area contributed by atoms with Crippen molar-refractivity contribution in [2.45, 2.75) is 65.0 Å². The second-order valence-electron chi connectivity index (χ2n) is 10.1. The highest BCUT2D eigenvalue weighted by atomic mass is 32.2. The molecule has 3 aliphatic carbocycles. The van der Waals surface area contributed by atoms with Crippen molar-refractivity contribution in [1.29, 1.82) is 0 Å². The molecule has 1 aliphatic heterocycles. The van der Waals surface area contributed by atoms with Crippen LogP contribution in [-0.2, 0) is 10.8 Å². The summed E-state index contributed by atoms with van der Waals surface area (Å²) in [4.78, 5) is 0. The molecule has 2 saturated carbocycles. The minimum atomic E-state index is -1.05. The summed E-state index contributed by atoms with van der Waals surface area (Å²) in [5.41, 5.74) is 0.489. The van der Waals surface area contributed by atoms with E-state index in [1.807, 2.05) is 0 Å². The van der Waals surface area contributed by atoms with Crippen molar-refractivity contribution in [2.75, 3.05) is 5.75 Å². The maximum atomic E-state index is 13.1. The topological polar surface area (TPSA) is 57.5 Å². The molecule has 0 spiro atoms. The highest BCUT2D eigenvalue weighted by molar-refractivity contribution is 7.85. The maximum absolute atomic E-state index is 13.1. The van der Waals surface area contributed by atoms with Crippen LogP contribution in [0.4, 0.5) is 0 Å². The fourth-order valence-corrected chi connectivity index (χ4v) is 9.74. The molecule has 0 aromatic heterocycles. The van der Waals surface area contributed by atoms with Gasteiger partial charge in [0.15, 0.2) is 0 Å². The van der Waals surface area contributed by atoms with Gasteiger partial charge in [-0.1, -0.05) is 34.1 Å². The second kappa shape index (κ2) is 5.37. The van der Waals surface area contributed by atoms with E-state index in [0.29, 0.717) is 23.0 Å². The normalized spacial score (nSPS) is 51.4. The Morgan fingerprint density at radius 3 is 2.48 bits per heavy atom. The molecule has 3 nitrogen and oxygen atoms in total. The van der Waals surface area contributed by atoms with E-state index in [-0.39, 0.29) is 33.5 Å². The van der Waals surface area contributed by atoms with Crippen LogP contribution in [0.1, 0.15) is 59.8 Å². The second-order valence-corrected chi connectivity index (χ2v) is 11.8. The van der Waals surface area contributed by atoms with Gasteiger partial charge in [0.2, 0.25) is 0 Å². The third-order valence-electron chi connectivity index (χ3n) is 8.46. The molecule has 0 amide bonds. The molecule has 0 aromatic carbocycles. The lowest BCUT2D eigenvalue weighted by Gasteiger charge is -2.66. The van der Waals surface area contributed by atoms with Crippen molar-refractivity contribution < 1.29 is 14.4 Å². The molecule has 0 aromatic rings. The van der Waals surface area contributed by atoms with Crippen LogP contribution in [-0.4, -0.2) is 25.4 Å². The highest BCUT2D eigenvalue weighted by Crippen LogP contribution is 2.68. The van der Waals surface area contributed by atoms with Crippen molar-refractivity contribution in [3.63, 3.8) is 0 Å². The van der Waals surface area contributed by atoms with Gasteiger partial charge in [0.1, 0.15) is 11.5 Å². The minimum Gasteiger partial charge on any atom is -0.512 e. The molecular weight excluding hydrogens is 332 g/mol. The number of fused-ring (bicyclic) bond motifs is 5. The van der Waals surface area contributed by atoms with E-state index in [0.717, 1.165) is 6.42 Å². The van der Waals surface area contributed by atoms with Crippen LogP contribution in [0.2, 0.25) is 0 Å². The van der Waals surface area contributed by atoms with E-state index < -0.39 is 10.8 Å². The molecule has 140 valence electrons. The van der Waals surface area contributed by atoms with E-state index in [9.17, 15) is 14.4 Å². The Hall–Kier alpha value is -0.770. The van der Waals surface area contributed by atoms with Gasteiger partial charge in [-0.25, -0.2) is 0 Å². The number of aliphatic hydroxyl groups excluding tert-OH is 2. The SMILES string of the molecule is CC1(C)CCC[C@]2(C)C3CS(=O)C4C=C(O)C=C(O)C4[C@]3(C)CC[C@@H]12. The summed E-state index contributed by atoms with van der Waals surface area (Å²) in [6.45, 7) is 9.59. The summed E-state index contributed by atoms with van der Waals surface area (Å²) < 4.78 is 13.1. The zero-order valence-electron chi connectivity index (χ0n) is 15.9. The zero-order chi connectivity index (χ0) is 18.2. The van der Waals surface area contributed by atoms with Crippen molar-refractivity contribution in [1.82, 2.24) is 0 Å². The molecule has 2 N–H and O–H groups in total. The lowest BCUT2D eigenvalue weighted by molar-refractivity contribution is -0.139. The fraction of sp³-hybridized carbons (Fsp3) is 0.810. The van der Waals surface area contributed by atoms with Crippen LogP contribution < -0.4 is 0 Å². The van der Waals surface area contributed by atoms with Crippen LogP contribution in [0.3, 0.4) is 0 Å². The third-order valence-corrected chi connectivity index (χ3v) is 10.1. The Balaban J connectivity index is 1.80. The van der Waals surface area contributed by atoms with E-state index >= 15 is 0 Å². The summed E-state index contributed by atoms with van der Waals surface area (Å²) in [5, 5.41) is 20.4. The van der Waals surface area contributed by atoms with Crippen LogP contribution >= 0.6 is 0 Å². The fourth-order valence-electron chi connectivity index (χ4n) is 7.38. The molecular formula is C21H32O3S. The van der Waals surface area contributed by atoms with Gasteiger partial charge in [-0.15, -0.1) is 0 Å². The molecule has 3 fully saturated rings. The molecule has 0 bridgehead atoms. The predicted molar refractivity (Wildman–Crippen MR) is 102 cm³/mol. The molecule has 7 atom stereocenters. The molecule has 25 heavy (non-hydrogen) atoms. The largest absolute Gasteiger partial charge is 0.512 e. The number of allylic oxidation sites excluding steroid dienone is 2. The Bertz CT molecular complexity index is 679.